The number of anilines is 1. The number of amides is 2. The van der Waals surface area contributed by atoms with E-state index in [1.165, 1.54) is 0 Å². The molecule has 0 aliphatic carbocycles. The van der Waals surface area contributed by atoms with Gasteiger partial charge in [0.25, 0.3) is 0 Å². The van der Waals surface area contributed by atoms with Crippen molar-refractivity contribution in [1.82, 2.24) is 10.3 Å². The van der Waals surface area contributed by atoms with Gasteiger partial charge in [-0.3, -0.25) is 4.90 Å². The molecule has 74 valence electrons. The number of carbonyl (C=O) groups is 1. The number of nitrogens with zero attached hydrogens (tertiary/aromatic N) is 2. The van der Waals surface area contributed by atoms with Crippen LogP contribution in [0.4, 0.5) is 10.6 Å². The summed E-state index contributed by atoms with van der Waals surface area (Å²) in [6, 6.07) is 1.83. The molecule has 2 amide bonds. The summed E-state index contributed by atoms with van der Waals surface area (Å²) in [5, 5.41) is 2.74. The lowest BCUT2D eigenvalue weighted by Gasteiger charge is -2.13. The number of hydrogen-bond donors (Lipinski definition) is 1. The maximum atomic E-state index is 11.3. The van der Waals surface area contributed by atoms with Crippen molar-refractivity contribution in [3.05, 3.63) is 22.3 Å². The molecule has 1 aromatic heterocycles. The highest BCUT2D eigenvalue weighted by molar-refractivity contribution is 9.10. The normalized spacial score (nSPS) is 15.9. The molecule has 0 aromatic carbocycles. The predicted octanol–water partition coefficient (Wildman–Crippen LogP) is 1.68. The fourth-order valence-corrected chi connectivity index (χ4v) is 1.58. The summed E-state index contributed by atoms with van der Waals surface area (Å²) in [5.74, 6) is 0.709. The van der Waals surface area contributed by atoms with E-state index in [1.54, 1.807) is 11.1 Å². The summed E-state index contributed by atoms with van der Waals surface area (Å²) in [6.07, 6.45) is 1.72. The number of rotatable bonds is 1. The SMILES string of the molecule is Cc1cc(N2CCNC2=O)ncc1Br. The maximum Gasteiger partial charge on any atom is 0.323 e. The molecule has 2 heterocycles. The Balaban J connectivity index is 2.32. The number of hydrogen-bond acceptors (Lipinski definition) is 2. The fourth-order valence-electron chi connectivity index (χ4n) is 1.36. The van der Waals surface area contributed by atoms with Gasteiger partial charge in [-0.05, 0) is 34.5 Å². The summed E-state index contributed by atoms with van der Waals surface area (Å²) < 4.78 is 0.959. The Labute approximate surface area is 90.4 Å². The van der Waals surface area contributed by atoms with Gasteiger partial charge >= 0.3 is 6.03 Å². The van der Waals surface area contributed by atoms with E-state index in [-0.39, 0.29) is 6.03 Å². The molecular formula is C9H10BrN3O. The summed E-state index contributed by atoms with van der Waals surface area (Å²) in [5.41, 5.74) is 1.08. The minimum atomic E-state index is -0.0702. The van der Waals surface area contributed by atoms with Crippen LogP contribution in [0.15, 0.2) is 16.7 Å². The molecule has 1 aliphatic rings. The smallest absolute Gasteiger partial charge is 0.323 e. The van der Waals surface area contributed by atoms with Gasteiger partial charge in [0.2, 0.25) is 0 Å². The van der Waals surface area contributed by atoms with E-state index in [1.807, 2.05) is 13.0 Å². The zero-order chi connectivity index (χ0) is 10.1. The van der Waals surface area contributed by atoms with Crippen LogP contribution in [0.1, 0.15) is 5.56 Å². The first-order chi connectivity index (χ1) is 6.68. The third kappa shape index (κ3) is 1.59. The van der Waals surface area contributed by atoms with Crippen molar-refractivity contribution >= 4 is 27.8 Å². The Morgan fingerprint density at radius 2 is 2.43 bits per heavy atom. The van der Waals surface area contributed by atoms with Crippen LogP contribution in [0.2, 0.25) is 0 Å². The maximum absolute atomic E-state index is 11.3. The second-order valence-electron chi connectivity index (χ2n) is 3.18. The van der Waals surface area contributed by atoms with Crippen molar-refractivity contribution in [3.63, 3.8) is 0 Å². The molecule has 0 bridgehead atoms. The predicted molar refractivity (Wildman–Crippen MR) is 57.4 cm³/mol. The Hall–Kier alpha value is -1.10. The number of aromatic nitrogens is 1. The minimum Gasteiger partial charge on any atom is -0.336 e. The molecule has 14 heavy (non-hydrogen) atoms. The van der Waals surface area contributed by atoms with Crippen molar-refractivity contribution in [1.29, 1.82) is 0 Å². The molecule has 0 spiro atoms. The van der Waals surface area contributed by atoms with Crippen LogP contribution in [-0.4, -0.2) is 24.1 Å². The quantitative estimate of drug-likeness (QED) is 0.830. The zero-order valence-electron chi connectivity index (χ0n) is 7.75. The van der Waals surface area contributed by atoms with Crippen LogP contribution in [0.25, 0.3) is 0 Å². The Bertz CT molecular complexity index is 380. The summed E-state index contributed by atoms with van der Waals surface area (Å²) in [4.78, 5) is 17.2. The second kappa shape index (κ2) is 3.57. The van der Waals surface area contributed by atoms with Crippen molar-refractivity contribution in [2.24, 2.45) is 0 Å². The number of nitrogens with one attached hydrogen (secondary N) is 1. The van der Waals surface area contributed by atoms with Crippen LogP contribution in [0.3, 0.4) is 0 Å². The number of carbonyl (C=O) groups excluding carboxylic acids is 1. The van der Waals surface area contributed by atoms with Crippen LogP contribution in [0, 0.1) is 6.92 Å². The van der Waals surface area contributed by atoms with Crippen LogP contribution >= 0.6 is 15.9 Å². The number of pyridine rings is 1. The zero-order valence-corrected chi connectivity index (χ0v) is 9.34. The van der Waals surface area contributed by atoms with Gasteiger partial charge in [0.1, 0.15) is 5.82 Å². The van der Waals surface area contributed by atoms with Gasteiger partial charge in [0.05, 0.1) is 0 Å². The Kier molecular flexibility index (Phi) is 2.41. The van der Waals surface area contributed by atoms with Gasteiger partial charge in [0, 0.05) is 23.8 Å². The van der Waals surface area contributed by atoms with Gasteiger partial charge < -0.3 is 5.32 Å². The highest BCUT2D eigenvalue weighted by atomic mass is 79.9. The molecule has 0 unspecified atom stereocenters. The largest absolute Gasteiger partial charge is 0.336 e. The lowest BCUT2D eigenvalue weighted by atomic mass is 10.3. The summed E-state index contributed by atoms with van der Waals surface area (Å²) >= 11 is 3.37. The van der Waals surface area contributed by atoms with Crippen molar-refractivity contribution in [2.75, 3.05) is 18.0 Å². The molecule has 1 saturated heterocycles. The fraction of sp³-hybridized carbons (Fsp3) is 0.333. The molecular weight excluding hydrogens is 246 g/mol. The highest BCUT2D eigenvalue weighted by Gasteiger charge is 2.22. The molecule has 0 saturated carbocycles. The molecule has 4 nitrogen and oxygen atoms in total. The van der Waals surface area contributed by atoms with Crippen molar-refractivity contribution < 1.29 is 4.79 Å². The molecule has 1 N–H and O–H groups in total. The first kappa shape index (κ1) is 9.45. The Morgan fingerprint density at radius 3 is 3.00 bits per heavy atom. The van der Waals surface area contributed by atoms with Gasteiger partial charge in [0.15, 0.2) is 0 Å². The molecule has 1 aromatic rings. The van der Waals surface area contributed by atoms with E-state index in [0.29, 0.717) is 18.9 Å². The van der Waals surface area contributed by atoms with Crippen molar-refractivity contribution in [2.45, 2.75) is 6.92 Å². The lowest BCUT2D eigenvalue weighted by Crippen LogP contribution is -2.28. The number of halogens is 1. The second-order valence-corrected chi connectivity index (χ2v) is 4.03. The van der Waals surface area contributed by atoms with Crippen LogP contribution in [0.5, 0.6) is 0 Å². The summed E-state index contributed by atoms with van der Waals surface area (Å²) in [6.45, 7) is 3.35. The highest BCUT2D eigenvalue weighted by Crippen LogP contribution is 2.20. The molecule has 0 radical (unpaired) electrons. The first-order valence-electron chi connectivity index (χ1n) is 4.36. The van der Waals surface area contributed by atoms with E-state index in [2.05, 4.69) is 26.2 Å². The molecule has 0 atom stereocenters. The van der Waals surface area contributed by atoms with Gasteiger partial charge in [-0.15, -0.1) is 0 Å². The van der Waals surface area contributed by atoms with Gasteiger partial charge in [-0.25, -0.2) is 9.78 Å². The molecule has 5 heteroatoms. The molecule has 2 rings (SSSR count). The number of aryl methyl sites for hydroxylation is 1. The van der Waals surface area contributed by atoms with E-state index in [0.717, 1.165) is 10.0 Å². The van der Waals surface area contributed by atoms with E-state index in [4.69, 9.17) is 0 Å². The third-order valence-electron chi connectivity index (χ3n) is 2.17. The first-order valence-corrected chi connectivity index (χ1v) is 5.15. The molecule has 1 aliphatic heterocycles. The van der Waals surface area contributed by atoms with Crippen LogP contribution < -0.4 is 10.2 Å². The molecule has 1 fully saturated rings. The third-order valence-corrected chi connectivity index (χ3v) is 3.00. The standard InChI is InChI=1S/C9H10BrN3O/c1-6-4-8(12-5-7(6)10)13-3-2-11-9(13)14/h4-5H,2-3H2,1H3,(H,11,14). The Morgan fingerprint density at radius 1 is 1.64 bits per heavy atom. The van der Waals surface area contributed by atoms with Crippen LogP contribution in [-0.2, 0) is 0 Å². The van der Waals surface area contributed by atoms with Gasteiger partial charge in [-0.1, -0.05) is 0 Å². The van der Waals surface area contributed by atoms with E-state index >= 15 is 0 Å². The monoisotopic (exact) mass is 255 g/mol. The van der Waals surface area contributed by atoms with E-state index < -0.39 is 0 Å². The average Bonchev–Trinajstić information content (AvgIpc) is 2.57. The lowest BCUT2D eigenvalue weighted by molar-refractivity contribution is 0.252. The van der Waals surface area contributed by atoms with E-state index in [9.17, 15) is 4.79 Å². The van der Waals surface area contributed by atoms with Crippen molar-refractivity contribution in [3.8, 4) is 0 Å². The van der Waals surface area contributed by atoms with Gasteiger partial charge in [-0.2, -0.15) is 0 Å². The topological polar surface area (TPSA) is 45.2 Å². The minimum absolute atomic E-state index is 0.0702. The average molecular weight is 256 g/mol. The number of urea groups is 1. The summed E-state index contributed by atoms with van der Waals surface area (Å²) in [7, 11) is 0.